The summed E-state index contributed by atoms with van der Waals surface area (Å²) in [6.45, 7) is 2.09. The van der Waals surface area contributed by atoms with Gasteiger partial charge >= 0.3 is 6.18 Å². The molecule has 0 aromatic heterocycles. The van der Waals surface area contributed by atoms with Crippen molar-refractivity contribution in [2.24, 2.45) is 0 Å². The molecular formula is C15H16F3N3. The number of alkyl halides is 3. The van der Waals surface area contributed by atoms with E-state index in [0.717, 1.165) is 38.4 Å². The van der Waals surface area contributed by atoms with Crippen molar-refractivity contribution in [1.82, 2.24) is 4.90 Å². The molecule has 2 aliphatic heterocycles. The van der Waals surface area contributed by atoms with Crippen molar-refractivity contribution >= 4 is 5.69 Å². The Kier molecular flexibility index (Phi) is 3.54. The van der Waals surface area contributed by atoms with Crippen molar-refractivity contribution < 1.29 is 13.2 Å². The second kappa shape index (κ2) is 5.23. The number of anilines is 1. The van der Waals surface area contributed by atoms with Gasteiger partial charge in [-0.15, -0.1) is 0 Å². The normalized spacial score (nSPS) is 25.6. The lowest BCUT2D eigenvalue weighted by molar-refractivity contribution is -0.137. The zero-order chi connectivity index (χ0) is 15.0. The van der Waals surface area contributed by atoms with Crippen LogP contribution in [0.5, 0.6) is 0 Å². The minimum absolute atomic E-state index is 0.196. The standard InChI is InChI=1S/C15H16F3N3/c16-15(17,18)12-8-11(4-3-10(12)9-19)20-13-5-7-21-6-1-2-14(13)21/h3-4,8,13-14,20H,1-2,5-7H2. The summed E-state index contributed by atoms with van der Waals surface area (Å²) in [6.07, 6.45) is -1.30. The zero-order valence-corrected chi connectivity index (χ0v) is 11.5. The highest BCUT2D eigenvalue weighted by Crippen LogP contribution is 2.35. The van der Waals surface area contributed by atoms with Gasteiger partial charge in [-0.2, -0.15) is 18.4 Å². The molecule has 1 N–H and O–H groups in total. The van der Waals surface area contributed by atoms with Crippen LogP contribution in [-0.4, -0.2) is 30.1 Å². The van der Waals surface area contributed by atoms with Gasteiger partial charge in [-0.3, -0.25) is 4.90 Å². The Morgan fingerprint density at radius 3 is 2.76 bits per heavy atom. The second-order valence-corrected chi connectivity index (χ2v) is 5.65. The fraction of sp³-hybridized carbons (Fsp3) is 0.533. The molecule has 6 heteroatoms. The Balaban J connectivity index is 1.82. The van der Waals surface area contributed by atoms with Crippen LogP contribution in [0.25, 0.3) is 0 Å². The quantitative estimate of drug-likeness (QED) is 0.910. The van der Waals surface area contributed by atoms with Crippen molar-refractivity contribution in [3.05, 3.63) is 29.3 Å². The second-order valence-electron chi connectivity index (χ2n) is 5.65. The Labute approximate surface area is 121 Å². The predicted octanol–water partition coefficient (Wildman–Crippen LogP) is 3.23. The highest BCUT2D eigenvalue weighted by atomic mass is 19.4. The summed E-state index contributed by atoms with van der Waals surface area (Å²) in [7, 11) is 0. The van der Waals surface area contributed by atoms with Crippen molar-refractivity contribution in [2.75, 3.05) is 18.4 Å². The smallest absolute Gasteiger partial charge is 0.381 e. The van der Waals surface area contributed by atoms with Crippen LogP contribution in [0.3, 0.4) is 0 Å². The summed E-state index contributed by atoms with van der Waals surface area (Å²) >= 11 is 0. The number of benzene rings is 1. The monoisotopic (exact) mass is 295 g/mol. The van der Waals surface area contributed by atoms with Crippen LogP contribution in [-0.2, 0) is 6.18 Å². The molecular weight excluding hydrogens is 279 g/mol. The van der Waals surface area contributed by atoms with Crippen LogP contribution in [0, 0.1) is 11.3 Å². The molecule has 3 nitrogen and oxygen atoms in total. The van der Waals surface area contributed by atoms with E-state index in [2.05, 4.69) is 10.2 Å². The summed E-state index contributed by atoms with van der Waals surface area (Å²) in [5.74, 6) is 0. The number of halogens is 3. The molecule has 1 aromatic carbocycles. The fourth-order valence-corrected chi connectivity index (χ4v) is 3.43. The minimum atomic E-state index is -4.50. The Bertz CT molecular complexity index is 577. The van der Waals surface area contributed by atoms with Crippen molar-refractivity contribution in [1.29, 1.82) is 5.26 Å². The number of hydrogen-bond acceptors (Lipinski definition) is 3. The van der Waals surface area contributed by atoms with E-state index in [4.69, 9.17) is 5.26 Å². The molecule has 0 bridgehead atoms. The Morgan fingerprint density at radius 2 is 2.05 bits per heavy atom. The number of hydrogen-bond donors (Lipinski definition) is 1. The fourth-order valence-electron chi connectivity index (χ4n) is 3.43. The maximum Gasteiger partial charge on any atom is 0.417 e. The Hall–Kier alpha value is -1.74. The van der Waals surface area contributed by atoms with E-state index in [1.165, 1.54) is 6.07 Å². The Morgan fingerprint density at radius 1 is 1.24 bits per heavy atom. The molecule has 2 saturated heterocycles. The van der Waals surface area contributed by atoms with E-state index >= 15 is 0 Å². The molecule has 112 valence electrons. The zero-order valence-electron chi connectivity index (χ0n) is 11.5. The van der Waals surface area contributed by atoms with Gasteiger partial charge in [0.05, 0.1) is 17.2 Å². The third-order valence-electron chi connectivity index (χ3n) is 4.40. The summed E-state index contributed by atoms with van der Waals surface area (Å²) < 4.78 is 38.9. The highest BCUT2D eigenvalue weighted by molar-refractivity contribution is 5.53. The molecule has 3 rings (SSSR count). The molecule has 0 saturated carbocycles. The number of fused-ring (bicyclic) bond motifs is 1. The van der Waals surface area contributed by atoms with Gasteiger partial charge in [-0.1, -0.05) is 0 Å². The number of nitriles is 1. The van der Waals surface area contributed by atoms with Crippen LogP contribution in [0.2, 0.25) is 0 Å². The third-order valence-corrected chi connectivity index (χ3v) is 4.40. The number of nitrogens with one attached hydrogen (secondary N) is 1. The van der Waals surface area contributed by atoms with Gasteiger partial charge in [0.2, 0.25) is 0 Å². The van der Waals surface area contributed by atoms with Gasteiger partial charge in [-0.05, 0) is 44.0 Å². The maximum atomic E-state index is 13.0. The molecule has 0 aliphatic carbocycles. The van der Waals surface area contributed by atoms with E-state index in [-0.39, 0.29) is 11.6 Å². The van der Waals surface area contributed by atoms with Crippen molar-refractivity contribution in [2.45, 2.75) is 37.5 Å². The molecule has 2 heterocycles. The van der Waals surface area contributed by atoms with Gasteiger partial charge < -0.3 is 5.32 Å². The molecule has 2 aliphatic rings. The summed E-state index contributed by atoms with van der Waals surface area (Å²) in [5.41, 5.74) is -0.752. The molecule has 0 amide bonds. The van der Waals surface area contributed by atoms with Gasteiger partial charge in [-0.25, -0.2) is 0 Å². The minimum Gasteiger partial charge on any atom is -0.381 e. The maximum absolute atomic E-state index is 13.0. The van der Waals surface area contributed by atoms with Gasteiger partial charge in [0.1, 0.15) is 0 Å². The first-order valence-electron chi connectivity index (χ1n) is 7.11. The van der Waals surface area contributed by atoms with Crippen LogP contribution >= 0.6 is 0 Å². The average molecular weight is 295 g/mol. The average Bonchev–Trinajstić information content (AvgIpc) is 3.03. The van der Waals surface area contributed by atoms with Crippen LogP contribution in [0.1, 0.15) is 30.4 Å². The molecule has 2 fully saturated rings. The van der Waals surface area contributed by atoms with Crippen LogP contribution in [0.4, 0.5) is 18.9 Å². The van der Waals surface area contributed by atoms with Gasteiger partial charge in [0, 0.05) is 24.3 Å². The summed E-state index contributed by atoms with van der Waals surface area (Å²) in [4.78, 5) is 2.39. The predicted molar refractivity (Wildman–Crippen MR) is 72.8 cm³/mol. The molecule has 0 radical (unpaired) electrons. The van der Waals surface area contributed by atoms with E-state index < -0.39 is 11.7 Å². The highest BCUT2D eigenvalue weighted by Gasteiger charge is 2.38. The van der Waals surface area contributed by atoms with E-state index in [1.54, 1.807) is 12.1 Å². The lowest BCUT2D eigenvalue weighted by atomic mass is 10.0. The first-order chi connectivity index (χ1) is 9.99. The molecule has 21 heavy (non-hydrogen) atoms. The molecule has 1 aromatic rings. The van der Waals surface area contributed by atoms with E-state index in [0.29, 0.717) is 11.7 Å². The van der Waals surface area contributed by atoms with E-state index in [1.807, 2.05) is 0 Å². The van der Waals surface area contributed by atoms with Crippen LogP contribution < -0.4 is 5.32 Å². The van der Waals surface area contributed by atoms with Crippen molar-refractivity contribution in [3.8, 4) is 6.07 Å². The lowest BCUT2D eigenvalue weighted by Gasteiger charge is -2.23. The first-order valence-corrected chi connectivity index (χ1v) is 7.11. The first kappa shape index (κ1) is 14.2. The van der Waals surface area contributed by atoms with Gasteiger partial charge in [0.25, 0.3) is 0 Å². The number of nitrogens with zero attached hydrogens (tertiary/aromatic N) is 2. The van der Waals surface area contributed by atoms with Crippen molar-refractivity contribution in [3.63, 3.8) is 0 Å². The third kappa shape index (κ3) is 2.70. The summed E-state index contributed by atoms with van der Waals surface area (Å²) in [5, 5.41) is 12.0. The van der Waals surface area contributed by atoms with E-state index in [9.17, 15) is 13.2 Å². The molecule has 2 unspecified atom stereocenters. The topological polar surface area (TPSA) is 39.1 Å². The lowest BCUT2D eigenvalue weighted by Crippen LogP contribution is -2.33. The summed E-state index contributed by atoms with van der Waals surface area (Å²) in [6, 6.07) is 6.08. The largest absolute Gasteiger partial charge is 0.417 e. The number of rotatable bonds is 2. The molecule has 2 atom stereocenters. The van der Waals surface area contributed by atoms with Crippen LogP contribution in [0.15, 0.2) is 18.2 Å². The SMILES string of the molecule is N#Cc1ccc(NC2CCN3CCCC23)cc1C(F)(F)F. The van der Waals surface area contributed by atoms with Gasteiger partial charge in [0.15, 0.2) is 0 Å². The molecule has 0 spiro atoms.